The topological polar surface area (TPSA) is 111 Å². The summed E-state index contributed by atoms with van der Waals surface area (Å²) in [4.78, 5) is 26.0. The van der Waals surface area contributed by atoms with Crippen molar-refractivity contribution in [2.24, 2.45) is 5.92 Å². The van der Waals surface area contributed by atoms with Crippen LogP contribution in [0.25, 0.3) is 22.0 Å². The summed E-state index contributed by atoms with van der Waals surface area (Å²) in [5, 5.41) is 24.4. The lowest BCUT2D eigenvalue weighted by Gasteiger charge is -2.35. The molecule has 8 nitrogen and oxygen atoms in total. The molecule has 33 heavy (non-hydrogen) atoms. The number of piperidine rings is 1. The van der Waals surface area contributed by atoms with Gasteiger partial charge in [0.25, 0.3) is 0 Å². The highest BCUT2D eigenvalue weighted by atomic mass is 35.5. The molecular formula is C24H28ClN5O3. The van der Waals surface area contributed by atoms with Crippen LogP contribution in [0.1, 0.15) is 39.4 Å². The van der Waals surface area contributed by atoms with Crippen molar-refractivity contribution in [2.75, 3.05) is 18.4 Å². The van der Waals surface area contributed by atoms with Crippen molar-refractivity contribution >= 4 is 34.3 Å². The Morgan fingerprint density at radius 1 is 1.21 bits per heavy atom. The van der Waals surface area contributed by atoms with Crippen LogP contribution in [0.15, 0.2) is 36.8 Å². The highest BCUT2D eigenvalue weighted by Crippen LogP contribution is 2.34. The van der Waals surface area contributed by atoms with Crippen molar-refractivity contribution in [1.29, 1.82) is 0 Å². The van der Waals surface area contributed by atoms with Crippen LogP contribution >= 0.6 is 11.6 Å². The van der Waals surface area contributed by atoms with E-state index in [0.717, 1.165) is 40.6 Å². The van der Waals surface area contributed by atoms with E-state index in [1.807, 2.05) is 18.2 Å². The largest absolute Gasteiger partial charge is 0.465 e. The summed E-state index contributed by atoms with van der Waals surface area (Å²) in [5.41, 5.74) is 2.18. The number of nitrogens with one attached hydrogen (secondary N) is 1. The van der Waals surface area contributed by atoms with E-state index in [-0.39, 0.29) is 12.0 Å². The minimum absolute atomic E-state index is 0.0216. The second-order valence-corrected chi connectivity index (χ2v) is 9.54. The van der Waals surface area contributed by atoms with E-state index in [9.17, 15) is 15.0 Å². The Morgan fingerprint density at radius 2 is 1.94 bits per heavy atom. The summed E-state index contributed by atoms with van der Waals surface area (Å²) in [6, 6.07) is 5.89. The zero-order valence-corrected chi connectivity index (χ0v) is 19.7. The van der Waals surface area contributed by atoms with Crippen molar-refractivity contribution in [3.05, 3.63) is 47.6 Å². The first-order valence-corrected chi connectivity index (χ1v) is 11.4. The first-order chi connectivity index (χ1) is 15.6. The number of carbonyl (C=O) groups is 1. The number of anilines is 1. The Balaban J connectivity index is 1.64. The fraction of sp³-hybridized carbons (Fsp3) is 0.417. The smallest absolute Gasteiger partial charge is 0.407 e. The number of halogens is 1. The van der Waals surface area contributed by atoms with Crippen LogP contribution in [0.2, 0.25) is 5.02 Å². The van der Waals surface area contributed by atoms with Gasteiger partial charge in [-0.1, -0.05) is 17.7 Å². The molecule has 3 heterocycles. The van der Waals surface area contributed by atoms with Crippen molar-refractivity contribution in [3.63, 3.8) is 0 Å². The third-order valence-electron chi connectivity index (χ3n) is 6.16. The molecule has 174 valence electrons. The van der Waals surface area contributed by atoms with E-state index in [0.29, 0.717) is 23.9 Å². The molecule has 0 spiro atoms. The number of pyridine rings is 1. The van der Waals surface area contributed by atoms with E-state index in [1.165, 1.54) is 4.90 Å². The van der Waals surface area contributed by atoms with E-state index < -0.39 is 11.7 Å². The Hall–Kier alpha value is -2.97. The molecule has 0 saturated carbocycles. The quantitative estimate of drug-likeness (QED) is 0.493. The number of rotatable bonds is 5. The molecule has 1 saturated heterocycles. The highest BCUT2D eigenvalue weighted by Gasteiger charge is 2.28. The summed E-state index contributed by atoms with van der Waals surface area (Å²) in [7, 11) is 0. The molecule has 2 aromatic heterocycles. The third kappa shape index (κ3) is 5.02. The molecule has 2 atom stereocenters. The molecule has 3 aromatic rings. The van der Waals surface area contributed by atoms with Crippen molar-refractivity contribution < 1.29 is 15.0 Å². The van der Waals surface area contributed by atoms with Crippen LogP contribution in [0.3, 0.4) is 0 Å². The Bertz CT molecular complexity index is 1160. The Labute approximate surface area is 197 Å². The van der Waals surface area contributed by atoms with Gasteiger partial charge in [0.1, 0.15) is 5.60 Å². The summed E-state index contributed by atoms with van der Waals surface area (Å²) in [5.74, 6) is 0.538. The number of likely N-dealkylation sites (tertiary alicyclic amines) is 1. The molecule has 1 aromatic carbocycles. The predicted octanol–water partition coefficient (Wildman–Crippen LogP) is 4.76. The first kappa shape index (κ1) is 23.2. The normalized spacial score (nSPS) is 17.7. The Morgan fingerprint density at radius 3 is 2.61 bits per heavy atom. The number of nitrogens with zero attached hydrogens (tertiary/aromatic N) is 4. The third-order valence-corrected chi connectivity index (χ3v) is 6.45. The number of amides is 1. The van der Waals surface area contributed by atoms with Gasteiger partial charge in [0.2, 0.25) is 0 Å². The lowest BCUT2D eigenvalue weighted by molar-refractivity contribution is 0.0687. The summed E-state index contributed by atoms with van der Waals surface area (Å²) in [6.45, 7) is 6.43. The molecule has 1 aliphatic heterocycles. The molecule has 0 bridgehead atoms. The standard InChI is InChI=1S/C24H28ClN5O3/c1-14(16-5-4-8-30(13-16)23(31)32)29-21-18-9-15(6-7-20(18)26-12-19(21)25)17-10-27-22(28-11-17)24(2,3)33/h6-7,9-12,14,16,33H,4-5,8,13H2,1-3H3,(H,26,29)(H,31,32)/t14-,16-/m0/s1. The monoisotopic (exact) mass is 469 g/mol. The van der Waals surface area contributed by atoms with E-state index in [2.05, 4.69) is 27.2 Å². The lowest BCUT2D eigenvalue weighted by Crippen LogP contribution is -2.44. The average molecular weight is 470 g/mol. The maximum absolute atomic E-state index is 11.4. The zero-order chi connectivity index (χ0) is 23.8. The summed E-state index contributed by atoms with van der Waals surface area (Å²) in [6.07, 6.45) is 5.94. The highest BCUT2D eigenvalue weighted by molar-refractivity contribution is 6.34. The van der Waals surface area contributed by atoms with Gasteiger partial charge >= 0.3 is 6.09 Å². The number of hydrogen-bond acceptors (Lipinski definition) is 6. The fourth-order valence-corrected chi connectivity index (χ4v) is 4.43. The van der Waals surface area contributed by atoms with E-state index in [4.69, 9.17) is 11.6 Å². The SMILES string of the molecule is C[C@H](Nc1c(Cl)cnc2ccc(-c3cnc(C(C)(C)O)nc3)cc12)[C@H]1CCCN(C(=O)O)C1. The number of fused-ring (bicyclic) bond motifs is 1. The molecule has 0 unspecified atom stereocenters. The average Bonchev–Trinajstić information content (AvgIpc) is 2.80. The number of aliphatic hydroxyl groups is 1. The second-order valence-electron chi connectivity index (χ2n) is 9.13. The van der Waals surface area contributed by atoms with Gasteiger partial charge in [-0.25, -0.2) is 14.8 Å². The maximum Gasteiger partial charge on any atom is 0.407 e. The van der Waals surface area contributed by atoms with Gasteiger partial charge in [-0.2, -0.15) is 0 Å². The van der Waals surface area contributed by atoms with Crippen molar-refractivity contribution in [1.82, 2.24) is 19.9 Å². The van der Waals surface area contributed by atoms with Crippen LogP contribution in [-0.2, 0) is 5.60 Å². The fourth-order valence-electron chi connectivity index (χ4n) is 4.22. The molecule has 9 heteroatoms. The second kappa shape index (κ2) is 9.11. The Kier molecular flexibility index (Phi) is 6.41. The molecule has 3 N–H and O–H groups in total. The van der Waals surface area contributed by atoms with Crippen LogP contribution < -0.4 is 5.32 Å². The molecule has 1 amide bonds. The first-order valence-electron chi connectivity index (χ1n) is 11.0. The minimum atomic E-state index is -1.11. The van der Waals surface area contributed by atoms with Gasteiger partial charge in [0.15, 0.2) is 5.82 Å². The summed E-state index contributed by atoms with van der Waals surface area (Å²) < 4.78 is 0. The van der Waals surface area contributed by atoms with Gasteiger partial charge in [-0.15, -0.1) is 0 Å². The van der Waals surface area contributed by atoms with Gasteiger partial charge in [0.05, 0.1) is 16.2 Å². The molecule has 1 fully saturated rings. The van der Waals surface area contributed by atoms with Gasteiger partial charge in [0, 0.05) is 48.7 Å². The lowest BCUT2D eigenvalue weighted by atomic mass is 9.91. The van der Waals surface area contributed by atoms with Gasteiger partial charge in [-0.3, -0.25) is 4.98 Å². The van der Waals surface area contributed by atoms with Gasteiger partial charge < -0.3 is 20.4 Å². The van der Waals surface area contributed by atoms with Crippen LogP contribution in [0, 0.1) is 5.92 Å². The molecule has 4 rings (SSSR count). The van der Waals surface area contributed by atoms with E-state index in [1.54, 1.807) is 32.4 Å². The van der Waals surface area contributed by atoms with Crippen LogP contribution in [0.4, 0.5) is 10.5 Å². The molecule has 1 aliphatic rings. The molecular weight excluding hydrogens is 442 g/mol. The summed E-state index contributed by atoms with van der Waals surface area (Å²) >= 11 is 6.55. The maximum atomic E-state index is 11.4. The van der Waals surface area contributed by atoms with Crippen molar-refractivity contribution in [2.45, 2.75) is 45.3 Å². The number of hydrogen-bond donors (Lipinski definition) is 3. The molecule has 0 aliphatic carbocycles. The number of benzene rings is 1. The van der Waals surface area contributed by atoms with Crippen molar-refractivity contribution in [3.8, 4) is 11.1 Å². The van der Waals surface area contributed by atoms with Crippen LogP contribution in [0.5, 0.6) is 0 Å². The minimum Gasteiger partial charge on any atom is -0.465 e. The molecule has 0 radical (unpaired) electrons. The zero-order valence-electron chi connectivity index (χ0n) is 18.9. The van der Waals surface area contributed by atoms with Gasteiger partial charge in [-0.05, 0) is 57.2 Å². The van der Waals surface area contributed by atoms with Crippen LogP contribution in [-0.4, -0.2) is 55.3 Å². The number of carboxylic acid groups (broad SMARTS) is 1. The number of aromatic nitrogens is 3. The van der Waals surface area contributed by atoms with E-state index >= 15 is 0 Å². The predicted molar refractivity (Wildman–Crippen MR) is 128 cm³/mol.